The fourth-order valence-corrected chi connectivity index (χ4v) is 8.55. The van der Waals surface area contributed by atoms with Gasteiger partial charge in [-0.25, -0.2) is 0 Å². The van der Waals surface area contributed by atoms with Crippen molar-refractivity contribution in [1.82, 2.24) is 14.7 Å². The molecule has 5 bridgehead atoms. The molecule has 4 aliphatic rings. The quantitative estimate of drug-likeness (QED) is 0.222. The monoisotopic (exact) mass is 727 g/mol. The number of aliphatic hydroxyl groups is 1. The van der Waals surface area contributed by atoms with Crippen LogP contribution in [-0.2, 0) is 28.7 Å². The highest BCUT2D eigenvalue weighted by Gasteiger charge is 2.75. The summed E-state index contributed by atoms with van der Waals surface area (Å²) >= 11 is 3.63. The van der Waals surface area contributed by atoms with Crippen LogP contribution in [0.1, 0.15) is 77.9 Å². The number of halogens is 1. The molecule has 262 valence electrons. The van der Waals surface area contributed by atoms with Crippen LogP contribution < -0.4 is 0 Å². The first-order valence-corrected chi connectivity index (χ1v) is 18.3. The zero-order valence-corrected chi connectivity index (χ0v) is 30.3. The normalized spacial score (nSPS) is 33.1. The van der Waals surface area contributed by atoms with Gasteiger partial charge in [-0.15, -0.1) is 0 Å². The molecular weight excluding hydrogens is 678 g/mol. The third-order valence-electron chi connectivity index (χ3n) is 10.9. The second kappa shape index (κ2) is 15.3. The fraction of sp³-hybridized carbons (Fsp3) is 0.622. The number of benzene rings is 1. The number of nitrogens with zero attached hydrogens (tertiary/aromatic N) is 3. The zero-order valence-electron chi connectivity index (χ0n) is 28.7. The summed E-state index contributed by atoms with van der Waals surface area (Å²) in [5.74, 6) is -3.60. The van der Waals surface area contributed by atoms with Crippen LogP contribution in [0.3, 0.4) is 0 Å². The Morgan fingerprint density at radius 1 is 1.04 bits per heavy atom. The van der Waals surface area contributed by atoms with E-state index in [1.54, 1.807) is 22.9 Å². The molecule has 4 heterocycles. The van der Waals surface area contributed by atoms with Crippen LogP contribution in [0.4, 0.5) is 0 Å². The third kappa shape index (κ3) is 6.50. The molecule has 10 nitrogen and oxygen atoms in total. The molecule has 48 heavy (non-hydrogen) atoms. The Hall–Kier alpha value is -3.02. The minimum absolute atomic E-state index is 0.0952. The summed E-state index contributed by atoms with van der Waals surface area (Å²) < 4.78 is 13.6. The van der Waals surface area contributed by atoms with Crippen molar-refractivity contribution in [2.75, 3.05) is 26.7 Å². The third-order valence-corrected chi connectivity index (χ3v) is 11.6. The van der Waals surface area contributed by atoms with E-state index in [1.807, 2.05) is 63.3 Å². The molecule has 0 aromatic heterocycles. The Morgan fingerprint density at radius 3 is 2.44 bits per heavy atom. The molecule has 4 aliphatic heterocycles. The molecule has 2 saturated heterocycles. The van der Waals surface area contributed by atoms with E-state index in [9.17, 15) is 24.3 Å². The summed E-state index contributed by atoms with van der Waals surface area (Å²) in [5.41, 5.74) is -0.708. The zero-order chi connectivity index (χ0) is 34.7. The van der Waals surface area contributed by atoms with E-state index >= 15 is 0 Å². The smallest absolute Gasteiger partial charge is 0.313 e. The molecule has 9 atom stereocenters. The first kappa shape index (κ1) is 36.3. The van der Waals surface area contributed by atoms with Gasteiger partial charge in [0.15, 0.2) is 0 Å². The Morgan fingerprint density at radius 2 is 1.77 bits per heavy atom. The van der Waals surface area contributed by atoms with Crippen LogP contribution >= 0.6 is 15.9 Å². The SMILES string of the molecule is CCCCCN1C/C=C\CCC(=O)N(C)[C@H](C)[C@@H](c2ccccc2)OC(=O)[C@@H]2[C@H]3O[C@@]4(C=C3Br)[C@H](C1=O)N([C@@H](CO)[C@@H](C)CC)C(=O)[C@@H]24. The number of carbonyl (C=O) groups excluding carboxylic acids is 4. The van der Waals surface area contributed by atoms with Gasteiger partial charge >= 0.3 is 5.97 Å². The number of carbonyl (C=O) groups is 4. The lowest BCUT2D eigenvalue weighted by Gasteiger charge is -2.40. The summed E-state index contributed by atoms with van der Waals surface area (Å²) in [5, 5.41) is 10.7. The predicted octanol–water partition coefficient (Wildman–Crippen LogP) is 4.77. The van der Waals surface area contributed by atoms with E-state index in [2.05, 4.69) is 22.9 Å². The highest BCUT2D eigenvalue weighted by molar-refractivity contribution is 9.11. The molecule has 5 rings (SSSR count). The number of hydrogen-bond acceptors (Lipinski definition) is 7. The minimum atomic E-state index is -1.43. The van der Waals surface area contributed by atoms with Crippen LogP contribution in [0.25, 0.3) is 0 Å². The van der Waals surface area contributed by atoms with Crippen molar-refractivity contribution in [3.05, 3.63) is 58.6 Å². The maximum absolute atomic E-state index is 14.9. The molecule has 0 unspecified atom stereocenters. The van der Waals surface area contributed by atoms with Crippen LogP contribution in [0, 0.1) is 17.8 Å². The van der Waals surface area contributed by atoms with E-state index in [1.165, 1.54) is 4.90 Å². The number of aliphatic hydroxyl groups excluding tert-OH is 1. The van der Waals surface area contributed by atoms with Crippen molar-refractivity contribution in [2.24, 2.45) is 17.8 Å². The number of hydrogen-bond donors (Lipinski definition) is 1. The molecule has 3 amide bonds. The second-order valence-electron chi connectivity index (χ2n) is 13.7. The molecule has 1 N–H and O–H groups in total. The number of unbranched alkanes of at least 4 members (excludes halogenated alkanes) is 2. The van der Waals surface area contributed by atoms with E-state index in [4.69, 9.17) is 9.47 Å². The number of allylic oxidation sites excluding steroid dienone is 1. The molecule has 0 radical (unpaired) electrons. The van der Waals surface area contributed by atoms with Gasteiger partial charge in [0.2, 0.25) is 17.7 Å². The lowest BCUT2D eigenvalue weighted by molar-refractivity contribution is -0.164. The van der Waals surface area contributed by atoms with Crippen molar-refractivity contribution in [2.45, 2.75) is 102 Å². The average molecular weight is 729 g/mol. The number of likely N-dealkylation sites (N-methyl/N-ethyl adjacent to an activating group) is 1. The molecule has 2 fully saturated rings. The van der Waals surface area contributed by atoms with Gasteiger partial charge in [-0.1, -0.05) is 98.4 Å². The van der Waals surface area contributed by atoms with Crippen molar-refractivity contribution in [1.29, 1.82) is 0 Å². The van der Waals surface area contributed by atoms with Crippen molar-refractivity contribution in [3.8, 4) is 0 Å². The molecule has 0 saturated carbocycles. The van der Waals surface area contributed by atoms with Gasteiger partial charge < -0.3 is 29.3 Å². The standard InChI is InChI=1S/C37H50BrN3O7/c1-6-8-14-19-40-20-15-10-13-18-28(43)39(5)24(4)31(25-16-11-9-12-17-25)47-36(46)29-30-34(44)41(27(22-42)23(3)7-2)33(35(40)45)37(30)21-26(38)32(29)48-37/h9-12,15-17,21,23-24,27,29-33,42H,6-8,13-14,18-20,22H2,1-5H3/b15-10-/t23-,24+,27-,29-,30+,31-,32-,33-,37+/m0/s1. The molecule has 1 aromatic rings. The lowest BCUT2D eigenvalue weighted by Crippen LogP contribution is -2.59. The van der Waals surface area contributed by atoms with Gasteiger partial charge in [-0.05, 0) is 37.3 Å². The summed E-state index contributed by atoms with van der Waals surface area (Å²) in [4.78, 5) is 62.4. The van der Waals surface area contributed by atoms with Crippen LogP contribution in [0.2, 0.25) is 0 Å². The number of esters is 1. The Labute approximate surface area is 292 Å². The molecule has 11 heteroatoms. The fourth-order valence-electron chi connectivity index (χ4n) is 7.82. The number of amides is 3. The van der Waals surface area contributed by atoms with E-state index in [0.717, 1.165) is 24.8 Å². The highest BCUT2D eigenvalue weighted by Crippen LogP contribution is 2.59. The maximum Gasteiger partial charge on any atom is 0.313 e. The number of cyclic esters (lactones) is 1. The minimum Gasteiger partial charge on any atom is -0.455 e. The van der Waals surface area contributed by atoms with Gasteiger partial charge in [-0.3, -0.25) is 19.2 Å². The Kier molecular flexibility index (Phi) is 11.5. The summed E-state index contributed by atoms with van der Waals surface area (Å²) in [6.45, 7) is 8.33. The number of fused-ring (bicyclic) bond motifs is 2. The first-order chi connectivity index (χ1) is 23.0. The van der Waals surface area contributed by atoms with E-state index in [0.29, 0.717) is 30.4 Å². The van der Waals surface area contributed by atoms with Crippen molar-refractivity contribution < 1.29 is 33.8 Å². The Bertz CT molecular complexity index is 1420. The van der Waals surface area contributed by atoms with Crippen molar-refractivity contribution in [3.63, 3.8) is 0 Å². The van der Waals surface area contributed by atoms with E-state index < -0.39 is 59.6 Å². The lowest BCUT2D eigenvalue weighted by atomic mass is 9.74. The number of ether oxygens (including phenoxy) is 2. The highest BCUT2D eigenvalue weighted by atomic mass is 79.9. The van der Waals surface area contributed by atoms with Gasteiger partial charge in [0, 0.05) is 31.0 Å². The molecule has 1 spiro atoms. The predicted molar refractivity (Wildman–Crippen MR) is 185 cm³/mol. The summed E-state index contributed by atoms with van der Waals surface area (Å²) in [6, 6.07) is 7.03. The van der Waals surface area contributed by atoms with Crippen LogP contribution in [-0.4, -0.2) is 100 Å². The maximum atomic E-state index is 14.9. The molecular formula is C37H50BrN3O7. The summed E-state index contributed by atoms with van der Waals surface area (Å²) in [7, 11) is 1.71. The van der Waals surface area contributed by atoms with Crippen molar-refractivity contribution >= 4 is 39.6 Å². The largest absolute Gasteiger partial charge is 0.455 e. The van der Waals surface area contributed by atoms with Crippen LogP contribution in [0.5, 0.6) is 0 Å². The van der Waals surface area contributed by atoms with Gasteiger partial charge in [0.1, 0.15) is 29.8 Å². The topological polar surface area (TPSA) is 117 Å². The number of rotatable bonds is 9. The van der Waals surface area contributed by atoms with Gasteiger partial charge in [-0.2, -0.15) is 0 Å². The Balaban J connectivity index is 1.65. The second-order valence-corrected chi connectivity index (χ2v) is 14.6. The first-order valence-electron chi connectivity index (χ1n) is 17.5. The molecule has 1 aromatic carbocycles. The average Bonchev–Trinajstić information content (AvgIpc) is 3.68. The van der Waals surface area contributed by atoms with Gasteiger partial charge in [0.05, 0.1) is 24.6 Å². The molecule has 0 aliphatic carbocycles. The van der Waals surface area contributed by atoms with Gasteiger partial charge in [0.25, 0.3) is 0 Å². The number of likely N-dealkylation sites (tertiary alicyclic amines) is 1. The van der Waals surface area contributed by atoms with E-state index in [-0.39, 0.29) is 30.8 Å². The summed E-state index contributed by atoms with van der Waals surface area (Å²) in [6.07, 6.45) is 8.09. The van der Waals surface area contributed by atoms with Crippen LogP contribution in [0.15, 0.2) is 53.0 Å².